The highest BCUT2D eigenvalue weighted by Gasteiger charge is 2.27. The molecule has 0 spiro atoms. The third-order valence-corrected chi connectivity index (χ3v) is 6.88. The van der Waals surface area contributed by atoms with Gasteiger partial charge in [0, 0.05) is 27.5 Å². The number of rotatable bonds is 8. The van der Waals surface area contributed by atoms with Gasteiger partial charge < -0.3 is 18.9 Å². The van der Waals surface area contributed by atoms with Crippen LogP contribution in [0.15, 0.2) is 75.0 Å². The number of aromatic nitrogens is 2. The van der Waals surface area contributed by atoms with Crippen molar-refractivity contribution in [1.29, 1.82) is 0 Å². The number of nitrogens with zero attached hydrogens (tertiary/aromatic N) is 3. The van der Waals surface area contributed by atoms with E-state index in [2.05, 4.69) is 17.1 Å². The molecule has 1 aromatic heterocycles. The molecule has 8 heteroatoms. The van der Waals surface area contributed by atoms with Gasteiger partial charge in [0.1, 0.15) is 0 Å². The summed E-state index contributed by atoms with van der Waals surface area (Å²) in [5.74, 6) is 2.21. The minimum absolute atomic E-state index is 0.0221. The van der Waals surface area contributed by atoms with Gasteiger partial charge in [0.15, 0.2) is 11.5 Å². The lowest BCUT2D eigenvalue weighted by Crippen LogP contribution is -2.31. The Hall–Kier alpha value is -3.78. The van der Waals surface area contributed by atoms with E-state index in [1.165, 1.54) is 0 Å². The predicted molar refractivity (Wildman–Crippen MR) is 140 cm³/mol. The van der Waals surface area contributed by atoms with E-state index < -0.39 is 0 Å². The van der Waals surface area contributed by atoms with Crippen molar-refractivity contribution in [2.75, 3.05) is 24.7 Å². The summed E-state index contributed by atoms with van der Waals surface area (Å²) in [4.78, 5) is 21.7. The molecule has 0 aliphatic carbocycles. The second-order valence-electron chi connectivity index (χ2n) is 8.19. The lowest BCUT2D eigenvalue weighted by atomic mass is 10.1. The van der Waals surface area contributed by atoms with Crippen LogP contribution in [0.25, 0.3) is 22.8 Å². The minimum atomic E-state index is 0.0221. The Morgan fingerprint density at radius 2 is 1.67 bits per heavy atom. The van der Waals surface area contributed by atoms with E-state index in [9.17, 15) is 4.79 Å². The van der Waals surface area contributed by atoms with Gasteiger partial charge in [-0.15, -0.1) is 0 Å². The number of amides is 1. The van der Waals surface area contributed by atoms with Crippen LogP contribution in [0.1, 0.15) is 37.6 Å². The van der Waals surface area contributed by atoms with Crippen LogP contribution < -0.4 is 14.4 Å². The zero-order valence-electron chi connectivity index (χ0n) is 20.5. The molecule has 1 aliphatic rings. The third-order valence-electron chi connectivity index (χ3n) is 5.75. The molecule has 36 heavy (non-hydrogen) atoms. The molecule has 0 bridgehead atoms. The van der Waals surface area contributed by atoms with Gasteiger partial charge in [-0.25, -0.2) is 0 Å². The fourth-order valence-corrected chi connectivity index (χ4v) is 5.27. The number of benzene rings is 3. The third kappa shape index (κ3) is 4.56. The second kappa shape index (κ2) is 10.5. The molecule has 184 valence electrons. The molecule has 7 nitrogen and oxygen atoms in total. The summed E-state index contributed by atoms with van der Waals surface area (Å²) >= 11 is 1.58. The summed E-state index contributed by atoms with van der Waals surface area (Å²) in [6.07, 6.45) is 0.861. The van der Waals surface area contributed by atoms with Crippen LogP contribution >= 0.6 is 11.8 Å². The molecule has 0 fully saturated rings. The normalized spacial score (nSPS) is 12.6. The number of ether oxygens (including phenoxy) is 2. The van der Waals surface area contributed by atoms with Crippen LogP contribution in [0.5, 0.6) is 11.5 Å². The molecule has 2 heterocycles. The lowest BCUT2D eigenvalue weighted by molar-refractivity contribution is 0.0984. The van der Waals surface area contributed by atoms with Gasteiger partial charge in [-0.1, -0.05) is 36.0 Å². The second-order valence-corrected chi connectivity index (χ2v) is 9.27. The highest BCUT2D eigenvalue weighted by Crippen LogP contribution is 2.43. The topological polar surface area (TPSA) is 77.7 Å². The van der Waals surface area contributed by atoms with Gasteiger partial charge in [-0.05, 0) is 68.8 Å². The summed E-state index contributed by atoms with van der Waals surface area (Å²) < 4.78 is 17.0. The maximum absolute atomic E-state index is 13.3. The van der Waals surface area contributed by atoms with E-state index in [0.717, 1.165) is 38.6 Å². The Labute approximate surface area is 214 Å². The van der Waals surface area contributed by atoms with Gasteiger partial charge in [0.05, 0.1) is 24.5 Å². The molecular formula is C28H27N3O4S. The molecule has 0 N–H and O–H groups in total. The van der Waals surface area contributed by atoms with Gasteiger partial charge in [-0.2, -0.15) is 4.98 Å². The Balaban J connectivity index is 1.50. The van der Waals surface area contributed by atoms with Gasteiger partial charge in [0.2, 0.25) is 5.82 Å². The Bertz CT molecular complexity index is 1400. The van der Waals surface area contributed by atoms with E-state index in [1.807, 2.05) is 79.4 Å². The number of carbonyl (C=O) groups is 1. The van der Waals surface area contributed by atoms with Crippen LogP contribution in [0, 0.1) is 0 Å². The molecule has 3 aromatic carbocycles. The maximum atomic E-state index is 13.3. The SMILES string of the molecule is CCCN1C(=O)c2ccccc2Sc2cc(-c3noc(-c4ccc(OCC)c(OCC)c4)n3)ccc21. The fourth-order valence-electron chi connectivity index (χ4n) is 4.15. The number of carbonyl (C=O) groups excluding carboxylic acids is 1. The van der Waals surface area contributed by atoms with Crippen LogP contribution in [0.3, 0.4) is 0 Å². The predicted octanol–water partition coefficient (Wildman–Crippen LogP) is 6.72. The van der Waals surface area contributed by atoms with E-state index in [4.69, 9.17) is 14.0 Å². The van der Waals surface area contributed by atoms with E-state index in [1.54, 1.807) is 11.8 Å². The number of anilines is 1. The quantitative estimate of drug-likeness (QED) is 0.265. The van der Waals surface area contributed by atoms with Crippen LogP contribution in [0.4, 0.5) is 5.69 Å². The standard InChI is InChI=1S/C28H27N3O4S/c1-4-15-31-21-13-11-18(17-25(21)36-24-10-8-7-9-20(24)28(31)32)26-29-27(35-30-26)19-12-14-22(33-5-2)23(16-19)34-6-3/h7-14,16-17H,4-6,15H2,1-3H3. The van der Waals surface area contributed by atoms with Crippen molar-refractivity contribution >= 4 is 23.4 Å². The largest absolute Gasteiger partial charge is 0.490 e. The fraction of sp³-hybridized carbons (Fsp3) is 0.250. The maximum Gasteiger partial charge on any atom is 0.259 e. The monoisotopic (exact) mass is 501 g/mol. The first-order valence-corrected chi connectivity index (χ1v) is 12.9. The van der Waals surface area contributed by atoms with Crippen molar-refractivity contribution < 1.29 is 18.8 Å². The van der Waals surface area contributed by atoms with Crippen molar-refractivity contribution in [2.45, 2.75) is 37.0 Å². The molecule has 0 atom stereocenters. The van der Waals surface area contributed by atoms with Crippen LogP contribution in [-0.2, 0) is 0 Å². The van der Waals surface area contributed by atoms with Crippen LogP contribution in [-0.4, -0.2) is 35.8 Å². The van der Waals surface area contributed by atoms with E-state index in [-0.39, 0.29) is 5.91 Å². The molecular weight excluding hydrogens is 474 g/mol. The average Bonchev–Trinajstić information content (AvgIpc) is 3.35. The molecule has 0 saturated heterocycles. The zero-order chi connectivity index (χ0) is 25.1. The summed E-state index contributed by atoms with van der Waals surface area (Å²) in [5.41, 5.74) is 3.17. The first-order chi connectivity index (χ1) is 17.6. The Morgan fingerprint density at radius 3 is 2.47 bits per heavy atom. The molecule has 0 saturated carbocycles. The Kier molecular flexibility index (Phi) is 6.95. The Morgan fingerprint density at radius 1 is 0.889 bits per heavy atom. The molecule has 1 amide bonds. The summed E-state index contributed by atoms with van der Waals surface area (Å²) in [5, 5.41) is 4.24. The van der Waals surface area contributed by atoms with Crippen molar-refractivity contribution in [2.24, 2.45) is 0 Å². The molecule has 1 aliphatic heterocycles. The van der Waals surface area contributed by atoms with Gasteiger partial charge >= 0.3 is 0 Å². The van der Waals surface area contributed by atoms with Crippen molar-refractivity contribution in [3.63, 3.8) is 0 Å². The molecule has 4 aromatic rings. The first-order valence-electron chi connectivity index (χ1n) is 12.1. The summed E-state index contributed by atoms with van der Waals surface area (Å²) in [7, 11) is 0. The highest BCUT2D eigenvalue weighted by molar-refractivity contribution is 7.99. The summed E-state index contributed by atoms with van der Waals surface area (Å²) in [6.45, 7) is 7.65. The minimum Gasteiger partial charge on any atom is -0.490 e. The van der Waals surface area contributed by atoms with Gasteiger partial charge in [0.25, 0.3) is 11.8 Å². The molecule has 0 unspecified atom stereocenters. The van der Waals surface area contributed by atoms with Crippen molar-refractivity contribution in [3.05, 3.63) is 66.2 Å². The van der Waals surface area contributed by atoms with Crippen LogP contribution in [0.2, 0.25) is 0 Å². The highest BCUT2D eigenvalue weighted by atomic mass is 32.2. The van der Waals surface area contributed by atoms with Crippen molar-refractivity contribution in [1.82, 2.24) is 10.1 Å². The first kappa shape index (κ1) is 23.9. The number of hydrogen-bond acceptors (Lipinski definition) is 7. The molecule has 5 rings (SSSR count). The molecule has 0 radical (unpaired) electrons. The number of fused-ring (bicyclic) bond motifs is 2. The van der Waals surface area contributed by atoms with Crippen molar-refractivity contribution in [3.8, 4) is 34.3 Å². The van der Waals surface area contributed by atoms with E-state index >= 15 is 0 Å². The van der Waals surface area contributed by atoms with Gasteiger partial charge in [-0.3, -0.25) is 4.79 Å². The smallest absolute Gasteiger partial charge is 0.259 e. The number of hydrogen-bond donors (Lipinski definition) is 0. The lowest BCUT2D eigenvalue weighted by Gasteiger charge is -2.22. The summed E-state index contributed by atoms with van der Waals surface area (Å²) in [6, 6.07) is 19.2. The van der Waals surface area contributed by atoms with E-state index in [0.29, 0.717) is 43.0 Å². The average molecular weight is 502 g/mol. The zero-order valence-corrected chi connectivity index (χ0v) is 21.3.